The molecule has 0 atom stereocenters. The third-order valence-corrected chi connectivity index (χ3v) is 6.69. The van der Waals surface area contributed by atoms with Gasteiger partial charge in [-0.2, -0.15) is 26.3 Å². The van der Waals surface area contributed by atoms with Crippen LogP contribution < -0.4 is 10.2 Å². The van der Waals surface area contributed by atoms with Crippen molar-refractivity contribution in [2.24, 2.45) is 5.92 Å². The lowest BCUT2D eigenvalue weighted by Crippen LogP contribution is -2.47. The number of amides is 1. The van der Waals surface area contributed by atoms with Crippen molar-refractivity contribution in [1.82, 2.24) is 10.2 Å². The molecular formula is C23H30F7N3O. The number of nitrogens with one attached hydrogen (secondary N) is 1. The lowest BCUT2D eigenvalue weighted by Gasteiger charge is -2.37. The lowest BCUT2D eigenvalue weighted by molar-refractivity contribution is -0.144. The van der Waals surface area contributed by atoms with E-state index in [1.165, 1.54) is 0 Å². The van der Waals surface area contributed by atoms with E-state index in [4.69, 9.17) is 0 Å². The third-order valence-electron chi connectivity index (χ3n) is 6.69. The fraction of sp³-hybridized carbons (Fsp3) is 0.696. The Kier molecular flexibility index (Phi) is 8.70. The largest absolute Gasteiger partial charge is 0.416 e. The lowest BCUT2D eigenvalue weighted by atomic mass is 9.84. The number of alkyl halides is 6. The van der Waals surface area contributed by atoms with Crippen LogP contribution in [-0.2, 0) is 11.0 Å². The third kappa shape index (κ3) is 8.02. The number of piperazine rings is 1. The van der Waals surface area contributed by atoms with Crippen molar-refractivity contribution >= 4 is 11.6 Å². The highest BCUT2D eigenvalue weighted by molar-refractivity contribution is 5.76. The van der Waals surface area contributed by atoms with Crippen molar-refractivity contribution in [3.05, 3.63) is 29.6 Å². The Morgan fingerprint density at radius 2 is 1.62 bits per heavy atom. The predicted molar refractivity (Wildman–Crippen MR) is 114 cm³/mol. The van der Waals surface area contributed by atoms with Crippen LogP contribution in [0.5, 0.6) is 0 Å². The fourth-order valence-corrected chi connectivity index (χ4v) is 4.66. The second-order valence-corrected chi connectivity index (χ2v) is 9.18. The van der Waals surface area contributed by atoms with Gasteiger partial charge in [-0.3, -0.25) is 9.69 Å². The number of anilines is 1. The summed E-state index contributed by atoms with van der Waals surface area (Å²) in [6.45, 7) is 2.95. The van der Waals surface area contributed by atoms with Gasteiger partial charge in [-0.25, -0.2) is 4.39 Å². The summed E-state index contributed by atoms with van der Waals surface area (Å²) < 4.78 is 89.7. The van der Waals surface area contributed by atoms with E-state index in [1.807, 2.05) is 0 Å². The van der Waals surface area contributed by atoms with Gasteiger partial charge in [-0.05, 0) is 62.8 Å². The molecule has 11 heteroatoms. The summed E-state index contributed by atoms with van der Waals surface area (Å²) >= 11 is 0. The predicted octanol–water partition coefficient (Wildman–Crippen LogP) is 5.37. The number of carbonyl (C=O) groups excluding carboxylic acids is 1. The number of rotatable bonds is 7. The molecule has 1 amide bonds. The number of carbonyl (C=O) groups is 1. The highest BCUT2D eigenvalue weighted by atomic mass is 19.4. The minimum absolute atomic E-state index is 0.0231. The maximum Gasteiger partial charge on any atom is 0.416 e. The van der Waals surface area contributed by atoms with Crippen LogP contribution in [0.15, 0.2) is 18.2 Å². The van der Waals surface area contributed by atoms with E-state index in [-0.39, 0.29) is 11.7 Å². The number of halogens is 7. The summed E-state index contributed by atoms with van der Waals surface area (Å²) in [4.78, 5) is 15.6. The van der Waals surface area contributed by atoms with Crippen molar-refractivity contribution in [2.75, 3.05) is 37.6 Å². The van der Waals surface area contributed by atoms with Crippen LogP contribution in [0.4, 0.5) is 36.4 Å². The molecule has 0 spiro atoms. The van der Waals surface area contributed by atoms with Crippen molar-refractivity contribution in [3.8, 4) is 0 Å². The topological polar surface area (TPSA) is 35.6 Å². The molecule has 0 radical (unpaired) electrons. The molecule has 2 aliphatic rings. The van der Waals surface area contributed by atoms with E-state index in [2.05, 4.69) is 10.2 Å². The van der Waals surface area contributed by atoms with Gasteiger partial charge in [0.2, 0.25) is 5.91 Å². The molecule has 0 bridgehead atoms. The molecule has 192 valence electrons. The number of hydrogen-bond donors (Lipinski definition) is 1. The highest BCUT2D eigenvalue weighted by Gasteiger charge is 2.32. The second-order valence-electron chi connectivity index (χ2n) is 9.18. The standard InChI is InChI=1S/C23H30F7N3O/c24-19-6-3-17(23(28,29)30)15-20(19)33-13-11-32(12-14-33)10-8-16-1-4-18(5-2-16)31-21(34)7-9-22(25,26)27/h3,6,15-16,18H,1-2,4-5,7-14H2,(H,31,34). The van der Waals surface area contributed by atoms with E-state index in [1.54, 1.807) is 4.90 Å². The molecule has 1 aliphatic heterocycles. The zero-order chi connectivity index (χ0) is 24.9. The molecular weight excluding hydrogens is 467 g/mol. The Balaban J connectivity index is 1.36. The van der Waals surface area contributed by atoms with Gasteiger partial charge in [0.1, 0.15) is 5.82 Å². The summed E-state index contributed by atoms with van der Waals surface area (Å²) in [7, 11) is 0. The minimum Gasteiger partial charge on any atom is -0.367 e. The van der Waals surface area contributed by atoms with E-state index >= 15 is 0 Å². The van der Waals surface area contributed by atoms with Gasteiger partial charge in [-0.1, -0.05) is 0 Å². The molecule has 3 rings (SSSR count). The molecule has 0 aromatic heterocycles. The summed E-state index contributed by atoms with van der Waals surface area (Å²) in [5.74, 6) is -0.762. The average Bonchev–Trinajstić information content (AvgIpc) is 2.77. The molecule has 1 aromatic carbocycles. The molecule has 1 aromatic rings. The van der Waals surface area contributed by atoms with E-state index in [0.29, 0.717) is 32.1 Å². The van der Waals surface area contributed by atoms with Gasteiger partial charge < -0.3 is 10.2 Å². The Labute approximate surface area is 194 Å². The van der Waals surface area contributed by atoms with Crippen molar-refractivity contribution in [2.45, 2.75) is 63.3 Å². The fourth-order valence-electron chi connectivity index (χ4n) is 4.66. The molecule has 1 aliphatic carbocycles. The first-order valence-corrected chi connectivity index (χ1v) is 11.6. The zero-order valence-electron chi connectivity index (χ0n) is 18.8. The number of benzene rings is 1. The molecule has 1 saturated carbocycles. The Hall–Kier alpha value is -2.04. The first-order chi connectivity index (χ1) is 15.9. The highest BCUT2D eigenvalue weighted by Crippen LogP contribution is 2.33. The molecule has 1 saturated heterocycles. The van der Waals surface area contributed by atoms with Crippen LogP contribution in [0.1, 0.15) is 50.5 Å². The number of hydrogen-bond acceptors (Lipinski definition) is 3. The normalized spacial score (nSPS) is 22.6. The van der Waals surface area contributed by atoms with Gasteiger partial charge in [0.05, 0.1) is 17.7 Å². The summed E-state index contributed by atoms with van der Waals surface area (Å²) in [6, 6.07) is 2.39. The van der Waals surface area contributed by atoms with Crippen LogP contribution in [0.25, 0.3) is 0 Å². The van der Waals surface area contributed by atoms with Crippen LogP contribution in [-0.4, -0.2) is 55.7 Å². The summed E-state index contributed by atoms with van der Waals surface area (Å²) in [5, 5.41) is 2.70. The maximum atomic E-state index is 14.1. The first-order valence-electron chi connectivity index (χ1n) is 11.6. The first kappa shape index (κ1) is 26.6. The average molecular weight is 497 g/mol. The molecule has 2 fully saturated rings. The van der Waals surface area contributed by atoms with E-state index < -0.39 is 42.5 Å². The van der Waals surface area contributed by atoms with Crippen molar-refractivity contribution < 1.29 is 35.5 Å². The zero-order valence-corrected chi connectivity index (χ0v) is 18.8. The van der Waals surface area contributed by atoms with Crippen LogP contribution in [0.3, 0.4) is 0 Å². The van der Waals surface area contributed by atoms with E-state index in [9.17, 15) is 35.5 Å². The quantitative estimate of drug-likeness (QED) is 0.515. The SMILES string of the molecule is O=C(CCC(F)(F)F)NC1CCC(CCN2CCN(c3cc(C(F)(F)F)ccc3F)CC2)CC1. The monoisotopic (exact) mass is 497 g/mol. The van der Waals surface area contributed by atoms with Crippen LogP contribution in [0, 0.1) is 11.7 Å². The van der Waals surface area contributed by atoms with Crippen molar-refractivity contribution in [3.63, 3.8) is 0 Å². The van der Waals surface area contributed by atoms with Crippen molar-refractivity contribution in [1.29, 1.82) is 0 Å². The number of nitrogens with zero attached hydrogens (tertiary/aromatic N) is 2. The van der Waals surface area contributed by atoms with Gasteiger partial charge in [0.15, 0.2) is 0 Å². The molecule has 4 nitrogen and oxygen atoms in total. The summed E-state index contributed by atoms with van der Waals surface area (Å²) in [5.41, 5.74) is -0.886. The Morgan fingerprint density at radius 1 is 0.971 bits per heavy atom. The second kappa shape index (κ2) is 11.1. The van der Waals surface area contributed by atoms with Gasteiger partial charge >= 0.3 is 12.4 Å². The molecule has 1 N–H and O–H groups in total. The Morgan fingerprint density at radius 3 is 2.21 bits per heavy atom. The van der Waals surface area contributed by atoms with Crippen LogP contribution in [0.2, 0.25) is 0 Å². The molecule has 0 unspecified atom stereocenters. The maximum absolute atomic E-state index is 14.1. The smallest absolute Gasteiger partial charge is 0.367 e. The van der Waals surface area contributed by atoms with Gasteiger partial charge in [0, 0.05) is 38.6 Å². The Bertz CT molecular complexity index is 812. The van der Waals surface area contributed by atoms with E-state index in [0.717, 1.165) is 56.8 Å². The molecule has 1 heterocycles. The minimum atomic E-state index is -4.52. The van der Waals surface area contributed by atoms with Crippen LogP contribution >= 0.6 is 0 Å². The summed E-state index contributed by atoms with van der Waals surface area (Å²) in [6.07, 6.45) is -6.31. The van der Waals surface area contributed by atoms with Gasteiger partial charge in [0.25, 0.3) is 0 Å². The van der Waals surface area contributed by atoms with Gasteiger partial charge in [-0.15, -0.1) is 0 Å². The molecule has 34 heavy (non-hydrogen) atoms.